The highest BCUT2D eigenvalue weighted by Gasteiger charge is 2.42. The number of hydrogen-bond donors (Lipinski definition) is 1. The molecule has 1 N–H and O–H groups in total. The van der Waals surface area contributed by atoms with Crippen LogP contribution in [0, 0.1) is 16.0 Å². The third-order valence-electron chi connectivity index (χ3n) is 5.37. The molecule has 0 amide bonds. The molecule has 3 rings (SSSR count). The lowest BCUT2D eigenvalue weighted by atomic mass is 9.87. The lowest BCUT2D eigenvalue weighted by Gasteiger charge is -2.30. The number of ether oxygens (including phenoxy) is 1. The molecule has 1 aliphatic rings. The van der Waals surface area contributed by atoms with Crippen LogP contribution in [0.25, 0.3) is 0 Å². The number of nitrogens with one attached hydrogen (secondary N) is 1. The Kier molecular flexibility index (Phi) is 8.39. The summed E-state index contributed by atoms with van der Waals surface area (Å²) in [7, 11) is -4.27. The molecule has 9 nitrogen and oxygen atoms in total. The number of nitro benzene ring substituents is 1. The number of alkyl halides is 3. The molecular formula is C22H24F3N2O7P. The first-order valence-electron chi connectivity index (χ1n) is 10.8. The molecule has 2 aromatic rings. The van der Waals surface area contributed by atoms with Crippen LogP contribution in [-0.2, 0) is 14.1 Å². The fourth-order valence-electron chi connectivity index (χ4n) is 3.52. The standard InChI is InChI=1S/C22H24F3N2O7P/c1-15(21(28)32-18-11-7-16(8-12-18)22(23,24)25)26-35(31,33-19-5-3-2-4-6-19)34-20-13-9-17(10-14-20)27(29)30/h2-6,9-10,13-16,18H,7-8,11-12H2,1H3,(H,26,31)/t15-,16?,18?,35?/m0/s1. The Morgan fingerprint density at radius 2 is 1.57 bits per heavy atom. The van der Waals surface area contributed by atoms with Gasteiger partial charge >= 0.3 is 19.9 Å². The number of para-hydroxylation sites is 1. The number of carbonyl (C=O) groups excluding carboxylic acids is 1. The second-order valence-electron chi connectivity index (χ2n) is 8.05. The average molecular weight is 516 g/mol. The topological polar surface area (TPSA) is 117 Å². The highest BCUT2D eigenvalue weighted by molar-refractivity contribution is 7.52. The number of benzene rings is 2. The van der Waals surface area contributed by atoms with Crippen LogP contribution >= 0.6 is 7.75 Å². The quantitative estimate of drug-likeness (QED) is 0.192. The summed E-state index contributed by atoms with van der Waals surface area (Å²) in [5, 5.41) is 13.3. The van der Waals surface area contributed by atoms with Gasteiger partial charge in [0.05, 0.1) is 10.8 Å². The molecule has 0 heterocycles. The SMILES string of the molecule is C[C@H](NP(=O)(Oc1ccccc1)Oc1ccc([N+](=O)[O-])cc1)C(=O)OC1CCC(C(F)(F)F)CC1. The minimum Gasteiger partial charge on any atom is -0.461 e. The van der Waals surface area contributed by atoms with Gasteiger partial charge in [-0.25, -0.2) is 4.57 Å². The second-order valence-corrected chi connectivity index (χ2v) is 9.67. The highest BCUT2D eigenvalue weighted by atomic mass is 31.2. The lowest BCUT2D eigenvalue weighted by molar-refractivity contribution is -0.384. The van der Waals surface area contributed by atoms with Crippen LogP contribution < -0.4 is 14.1 Å². The van der Waals surface area contributed by atoms with Gasteiger partial charge in [-0.2, -0.15) is 18.3 Å². The Morgan fingerprint density at radius 3 is 2.09 bits per heavy atom. The van der Waals surface area contributed by atoms with Gasteiger partial charge in [-0.1, -0.05) is 18.2 Å². The van der Waals surface area contributed by atoms with E-state index in [-0.39, 0.29) is 42.9 Å². The van der Waals surface area contributed by atoms with Crippen LogP contribution in [0.5, 0.6) is 11.5 Å². The monoisotopic (exact) mass is 516 g/mol. The van der Waals surface area contributed by atoms with Gasteiger partial charge < -0.3 is 13.8 Å². The van der Waals surface area contributed by atoms with E-state index >= 15 is 0 Å². The number of non-ortho nitro benzene ring substituents is 1. The number of nitrogens with zero attached hydrogens (tertiary/aromatic N) is 1. The summed E-state index contributed by atoms with van der Waals surface area (Å²) in [5.74, 6) is -2.10. The molecule has 0 bridgehead atoms. The van der Waals surface area contributed by atoms with Crippen molar-refractivity contribution in [1.29, 1.82) is 0 Å². The average Bonchev–Trinajstić information content (AvgIpc) is 2.79. The molecule has 1 unspecified atom stereocenters. The maximum Gasteiger partial charge on any atom is 0.513 e. The minimum atomic E-state index is -4.28. The Balaban J connectivity index is 1.67. The van der Waals surface area contributed by atoms with Crippen LogP contribution in [0.1, 0.15) is 32.6 Å². The van der Waals surface area contributed by atoms with Crippen molar-refractivity contribution in [3.8, 4) is 11.5 Å². The molecule has 190 valence electrons. The van der Waals surface area contributed by atoms with Crippen molar-refractivity contribution in [2.75, 3.05) is 0 Å². The zero-order valence-electron chi connectivity index (χ0n) is 18.6. The van der Waals surface area contributed by atoms with Crippen LogP contribution in [0.15, 0.2) is 54.6 Å². The van der Waals surface area contributed by atoms with Crippen LogP contribution in [0.4, 0.5) is 18.9 Å². The second kappa shape index (κ2) is 11.1. The highest BCUT2D eigenvalue weighted by Crippen LogP contribution is 2.45. The summed E-state index contributed by atoms with van der Waals surface area (Å²) < 4.78 is 68.4. The van der Waals surface area contributed by atoms with Gasteiger partial charge in [-0.3, -0.25) is 14.9 Å². The molecule has 2 aromatic carbocycles. The Morgan fingerprint density at radius 1 is 1.03 bits per heavy atom. The van der Waals surface area contributed by atoms with E-state index in [4.69, 9.17) is 13.8 Å². The summed E-state index contributed by atoms with van der Waals surface area (Å²) in [5.41, 5.74) is -0.207. The fourth-order valence-corrected chi connectivity index (χ4v) is 5.04. The molecule has 0 saturated heterocycles. The van der Waals surface area contributed by atoms with Crippen molar-refractivity contribution in [3.63, 3.8) is 0 Å². The van der Waals surface area contributed by atoms with E-state index in [0.717, 1.165) is 12.1 Å². The molecule has 0 spiro atoms. The number of esters is 1. The molecule has 2 atom stereocenters. The predicted octanol–water partition coefficient (Wildman–Crippen LogP) is 5.80. The summed E-state index contributed by atoms with van der Waals surface area (Å²) in [6.45, 7) is 1.35. The van der Waals surface area contributed by atoms with Crippen molar-refractivity contribution in [3.05, 3.63) is 64.7 Å². The number of halogens is 3. The van der Waals surface area contributed by atoms with Crippen molar-refractivity contribution in [1.82, 2.24) is 5.09 Å². The van der Waals surface area contributed by atoms with Gasteiger partial charge in [-0.15, -0.1) is 0 Å². The molecule has 1 fully saturated rings. The first-order valence-corrected chi connectivity index (χ1v) is 12.3. The van der Waals surface area contributed by atoms with Crippen molar-refractivity contribution >= 4 is 19.4 Å². The minimum absolute atomic E-state index is 0.0200. The lowest BCUT2D eigenvalue weighted by Crippen LogP contribution is -2.39. The Bertz CT molecular complexity index is 1060. The molecule has 13 heteroatoms. The van der Waals surface area contributed by atoms with Gasteiger partial charge in [0.2, 0.25) is 0 Å². The normalized spacial score (nSPS) is 20.8. The van der Waals surface area contributed by atoms with E-state index in [0.29, 0.717) is 0 Å². The number of rotatable bonds is 9. The molecule has 1 aliphatic carbocycles. The maximum atomic E-state index is 13.5. The van der Waals surface area contributed by atoms with E-state index in [2.05, 4.69) is 5.09 Å². The van der Waals surface area contributed by atoms with E-state index in [1.54, 1.807) is 18.2 Å². The third kappa shape index (κ3) is 7.69. The molecule has 0 radical (unpaired) electrons. The van der Waals surface area contributed by atoms with Crippen molar-refractivity contribution in [2.45, 2.75) is 50.9 Å². The first kappa shape index (κ1) is 26.5. The largest absolute Gasteiger partial charge is 0.513 e. The van der Waals surface area contributed by atoms with E-state index in [1.807, 2.05) is 0 Å². The van der Waals surface area contributed by atoms with E-state index in [9.17, 15) is 32.6 Å². The van der Waals surface area contributed by atoms with E-state index < -0.39 is 42.9 Å². The zero-order valence-corrected chi connectivity index (χ0v) is 19.5. The van der Waals surface area contributed by atoms with Gasteiger partial charge in [0.15, 0.2) is 0 Å². The van der Waals surface area contributed by atoms with Crippen molar-refractivity contribution in [2.24, 2.45) is 5.92 Å². The Hall–Kier alpha value is -3.11. The first-order chi connectivity index (χ1) is 16.4. The molecular weight excluding hydrogens is 492 g/mol. The number of carbonyl (C=O) groups is 1. The predicted molar refractivity (Wildman–Crippen MR) is 119 cm³/mol. The van der Waals surface area contributed by atoms with E-state index in [1.165, 1.54) is 31.2 Å². The summed E-state index contributed by atoms with van der Waals surface area (Å²) in [6, 6.07) is 11.5. The summed E-state index contributed by atoms with van der Waals surface area (Å²) >= 11 is 0. The zero-order chi connectivity index (χ0) is 25.6. The summed E-state index contributed by atoms with van der Waals surface area (Å²) in [6.07, 6.45) is -5.10. The number of hydrogen-bond acceptors (Lipinski definition) is 7. The van der Waals surface area contributed by atoms with Crippen LogP contribution in [-0.4, -0.2) is 29.2 Å². The molecule has 35 heavy (non-hydrogen) atoms. The van der Waals surface area contributed by atoms with Gasteiger partial charge in [0.25, 0.3) is 5.69 Å². The number of nitro groups is 1. The van der Waals surface area contributed by atoms with Crippen LogP contribution in [0.3, 0.4) is 0 Å². The smallest absolute Gasteiger partial charge is 0.461 e. The van der Waals surface area contributed by atoms with Gasteiger partial charge in [-0.05, 0) is 56.9 Å². The molecule has 0 aromatic heterocycles. The summed E-state index contributed by atoms with van der Waals surface area (Å²) in [4.78, 5) is 22.8. The van der Waals surface area contributed by atoms with Crippen LogP contribution in [0.2, 0.25) is 0 Å². The van der Waals surface area contributed by atoms with Crippen molar-refractivity contribution < 1.29 is 41.2 Å². The maximum absolute atomic E-state index is 13.5. The molecule has 1 saturated carbocycles. The third-order valence-corrected chi connectivity index (χ3v) is 6.97. The fraction of sp³-hybridized carbons (Fsp3) is 0.409. The Labute approximate surface area is 199 Å². The van der Waals surface area contributed by atoms with Gasteiger partial charge in [0.1, 0.15) is 23.6 Å². The van der Waals surface area contributed by atoms with Gasteiger partial charge in [0, 0.05) is 12.1 Å². The molecule has 0 aliphatic heterocycles.